The number of nitrogens with one attached hydrogen (secondary N) is 1. The van der Waals surface area contributed by atoms with E-state index in [0.29, 0.717) is 12.2 Å². The van der Waals surface area contributed by atoms with Crippen molar-refractivity contribution in [3.8, 4) is 0 Å². The minimum Gasteiger partial charge on any atom is -0.398 e. The van der Waals surface area contributed by atoms with Crippen LogP contribution in [-0.2, 0) is 6.18 Å². The van der Waals surface area contributed by atoms with Crippen molar-refractivity contribution in [2.45, 2.75) is 31.9 Å². The predicted octanol–water partition coefficient (Wildman–Crippen LogP) is 3.89. The molecule has 3 N–H and O–H groups in total. The Bertz CT molecular complexity index is 411. The lowest BCUT2D eigenvalue weighted by atomic mass is 9.83. The molecule has 0 aliphatic heterocycles. The molecule has 0 saturated heterocycles. The Balaban J connectivity index is 1.95. The topological polar surface area (TPSA) is 38.0 Å². The van der Waals surface area contributed by atoms with E-state index in [-0.39, 0.29) is 5.69 Å². The van der Waals surface area contributed by atoms with Crippen molar-refractivity contribution in [1.29, 1.82) is 0 Å². The summed E-state index contributed by atoms with van der Waals surface area (Å²) in [6.07, 6.45) is 0.403. The predicted molar refractivity (Wildman–Crippen MR) is 66.3 cm³/mol. The van der Waals surface area contributed by atoms with E-state index in [0.717, 1.165) is 18.4 Å². The molecular formula is C13H17F3N2. The maximum atomic E-state index is 12.6. The van der Waals surface area contributed by atoms with Crippen molar-refractivity contribution < 1.29 is 13.2 Å². The SMILES string of the molecule is Nc1ccc(NCCC2CCC2)cc1C(F)(F)F. The summed E-state index contributed by atoms with van der Waals surface area (Å²) in [6, 6.07) is 3.97. The second-order valence-electron chi connectivity index (χ2n) is 4.81. The smallest absolute Gasteiger partial charge is 0.398 e. The van der Waals surface area contributed by atoms with E-state index >= 15 is 0 Å². The number of hydrogen-bond donors (Lipinski definition) is 2. The highest BCUT2D eigenvalue weighted by Crippen LogP contribution is 2.35. The Hall–Kier alpha value is -1.39. The van der Waals surface area contributed by atoms with Crippen molar-refractivity contribution in [2.24, 2.45) is 5.92 Å². The molecule has 1 saturated carbocycles. The van der Waals surface area contributed by atoms with Gasteiger partial charge in [0, 0.05) is 17.9 Å². The van der Waals surface area contributed by atoms with Crippen LogP contribution < -0.4 is 11.1 Å². The summed E-state index contributed by atoms with van der Waals surface area (Å²) in [7, 11) is 0. The quantitative estimate of drug-likeness (QED) is 0.804. The molecule has 1 aliphatic carbocycles. The molecule has 0 spiro atoms. The highest BCUT2D eigenvalue weighted by Gasteiger charge is 2.33. The van der Waals surface area contributed by atoms with Crippen molar-refractivity contribution in [1.82, 2.24) is 0 Å². The third-order valence-electron chi connectivity index (χ3n) is 3.47. The van der Waals surface area contributed by atoms with E-state index in [1.807, 2.05) is 0 Å². The number of anilines is 2. The van der Waals surface area contributed by atoms with E-state index in [9.17, 15) is 13.2 Å². The summed E-state index contributed by atoms with van der Waals surface area (Å²) in [5.74, 6) is 0.744. The molecular weight excluding hydrogens is 241 g/mol. The lowest BCUT2D eigenvalue weighted by molar-refractivity contribution is -0.136. The average Bonchev–Trinajstić information content (AvgIpc) is 2.22. The Labute approximate surface area is 104 Å². The van der Waals surface area contributed by atoms with Crippen LogP contribution in [0, 0.1) is 5.92 Å². The molecule has 1 aliphatic rings. The number of nitrogens with two attached hydrogens (primary N) is 1. The lowest BCUT2D eigenvalue weighted by Crippen LogP contribution is -2.16. The van der Waals surface area contributed by atoms with Crippen LogP contribution in [-0.4, -0.2) is 6.54 Å². The van der Waals surface area contributed by atoms with Gasteiger partial charge < -0.3 is 11.1 Å². The fraction of sp³-hybridized carbons (Fsp3) is 0.538. The Morgan fingerprint density at radius 2 is 2.00 bits per heavy atom. The van der Waals surface area contributed by atoms with Crippen LogP contribution in [0.15, 0.2) is 18.2 Å². The second-order valence-corrected chi connectivity index (χ2v) is 4.81. The lowest BCUT2D eigenvalue weighted by Gasteiger charge is -2.25. The van der Waals surface area contributed by atoms with Gasteiger partial charge in [0.05, 0.1) is 5.56 Å². The molecule has 0 amide bonds. The van der Waals surface area contributed by atoms with Crippen molar-refractivity contribution >= 4 is 11.4 Å². The summed E-state index contributed by atoms with van der Waals surface area (Å²) in [5, 5.41) is 3.03. The first-order chi connectivity index (χ1) is 8.47. The van der Waals surface area contributed by atoms with Crippen molar-refractivity contribution in [3.05, 3.63) is 23.8 Å². The van der Waals surface area contributed by atoms with Crippen molar-refractivity contribution in [3.63, 3.8) is 0 Å². The Kier molecular flexibility index (Phi) is 3.68. The Morgan fingerprint density at radius 1 is 1.28 bits per heavy atom. The average molecular weight is 258 g/mol. The van der Waals surface area contributed by atoms with E-state index in [1.165, 1.54) is 25.3 Å². The molecule has 0 bridgehead atoms. The van der Waals surface area contributed by atoms with Gasteiger partial charge in [-0.15, -0.1) is 0 Å². The highest BCUT2D eigenvalue weighted by molar-refractivity contribution is 5.58. The van der Waals surface area contributed by atoms with Gasteiger partial charge in [0.2, 0.25) is 0 Å². The van der Waals surface area contributed by atoms with Crippen LogP contribution in [0.3, 0.4) is 0 Å². The van der Waals surface area contributed by atoms with E-state index in [1.54, 1.807) is 6.07 Å². The minimum absolute atomic E-state index is 0.230. The molecule has 5 heteroatoms. The van der Waals surface area contributed by atoms with Gasteiger partial charge in [-0.05, 0) is 30.5 Å². The second kappa shape index (κ2) is 5.08. The minimum atomic E-state index is -4.39. The number of halogens is 3. The molecule has 0 unspecified atom stereocenters. The molecule has 0 atom stereocenters. The van der Waals surface area contributed by atoms with Gasteiger partial charge >= 0.3 is 6.18 Å². The van der Waals surface area contributed by atoms with Crippen LogP contribution >= 0.6 is 0 Å². The maximum absolute atomic E-state index is 12.6. The van der Waals surface area contributed by atoms with Gasteiger partial charge in [0.15, 0.2) is 0 Å². The molecule has 1 fully saturated rings. The van der Waals surface area contributed by atoms with Gasteiger partial charge in [-0.2, -0.15) is 13.2 Å². The van der Waals surface area contributed by atoms with Crippen LogP contribution in [0.1, 0.15) is 31.2 Å². The summed E-state index contributed by atoms with van der Waals surface area (Å²) in [5.41, 5.74) is 4.82. The van der Waals surface area contributed by atoms with Gasteiger partial charge in [-0.25, -0.2) is 0 Å². The molecule has 0 heterocycles. The van der Waals surface area contributed by atoms with Gasteiger partial charge in [0.25, 0.3) is 0 Å². The molecule has 2 rings (SSSR count). The van der Waals surface area contributed by atoms with E-state index in [2.05, 4.69) is 5.32 Å². The van der Waals surface area contributed by atoms with Crippen molar-refractivity contribution in [2.75, 3.05) is 17.6 Å². The van der Waals surface area contributed by atoms with Gasteiger partial charge in [0.1, 0.15) is 0 Å². The van der Waals surface area contributed by atoms with Crippen LogP contribution in [0.5, 0.6) is 0 Å². The summed E-state index contributed by atoms with van der Waals surface area (Å²) >= 11 is 0. The molecule has 0 radical (unpaired) electrons. The molecule has 2 nitrogen and oxygen atoms in total. The molecule has 18 heavy (non-hydrogen) atoms. The normalized spacial score (nSPS) is 16.4. The zero-order chi connectivity index (χ0) is 13.2. The number of hydrogen-bond acceptors (Lipinski definition) is 2. The summed E-state index contributed by atoms with van der Waals surface area (Å²) < 4.78 is 37.9. The van der Waals surface area contributed by atoms with Gasteiger partial charge in [-0.3, -0.25) is 0 Å². The third-order valence-corrected chi connectivity index (χ3v) is 3.47. The molecule has 0 aromatic heterocycles. The summed E-state index contributed by atoms with van der Waals surface area (Å²) in [4.78, 5) is 0. The van der Waals surface area contributed by atoms with Gasteiger partial charge in [-0.1, -0.05) is 19.3 Å². The van der Waals surface area contributed by atoms with E-state index in [4.69, 9.17) is 5.73 Å². The Morgan fingerprint density at radius 3 is 2.56 bits per heavy atom. The number of alkyl halides is 3. The molecule has 1 aromatic rings. The first-order valence-corrected chi connectivity index (χ1v) is 6.17. The standard InChI is InChI=1S/C13H17F3N2/c14-13(15,16)11-8-10(4-5-12(11)17)18-7-6-9-2-1-3-9/h4-5,8-9,18H,1-3,6-7,17H2. The number of benzene rings is 1. The fourth-order valence-corrected chi connectivity index (χ4v) is 2.11. The fourth-order valence-electron chi connectivity index (χ4n) is 2.11. The maximum Gasteiger partial charge on any atom is 0.418 e. The molecule has 100 valence electrons. The molecule has 1 aromatic carbocycles. The third kappa shape index (κ3) is 3.09. The monoisotopic (exact) mass is 258 g/mol. The zero-order valence-corrected chi connectivity index (χ0v) is 10.1. The van der Waals surface area contributed by atoms with Crippen LogP contribution in [0.4, 0.5) is 24.5 Å². The highest BCUT2D eigenvalue weighted by atomic mass is 19.4. The number of rotatable bonds is 4. The largest absolute Gasteiger partial charge is 0.418 e. The first kappa shape index (κ1) is 13.1. The van der Waals surface area contributed by atoms with Crippen LogP contribution in [0.25, 0.3) is 0 Å². The first-order valence-electron chi connectivity index (χ1n) is 6.17. The van der Waals surface area contributed by atoms with E-state index < -0.39 is 11.7 Å². The van der Waals surface area contributed by atoms with Crippen LogP contribution in [0.2, 0.25) is 0 Å². The zero-order valence-electron chi connectivity index (χ0n) is 10.1. The number of nitrogen functional groups attached to an aromatic ring is 1. The summed E-state index contributed by atoms with van der Waals surface area (Å²) in [6.45, 7) is 0.714.